The van der Waals surface area contributed by atoms with Gasteiger partial charge in [0, 0.05) is 6.08 Å². The van der Waals surface area contributed by atoms with Gasteiger partial charge in [-0.3, -0.25) is 4.79 Å². The van der Waals surface area contributed by atoms with Gasteiger partial charge < -0.3 is 10.4 Å². The van der Waals surface area contributed by atoms with E-state index in [1.54, 1.807) is 26.8 Å². The Bertz CT molecular complexity index is 568. The third-order valence-electron chi connectivity index (χ3n) is 3.24. The molecule has 4 heteroatoms. The highest BCUT2D eigenvalue weighted by atomic mass is 16.4. The number of amides is 1. The van der Waals surface area contributed by atoms with Crippen molar-refractivity contribution in [2.45, 2.75) is 40.7 Å². The number of benzene rings is 1. The van der Waals surface area contributed by atoms with E-state index in [-0.39, 0.29) is 0 Å². The van der Waals surface area contributed by atoms with Crippen molar-refractivity contribution < 1.29 is 14.7 Å². The Morgan fingerprint density at radius 3 is 2.33 bits per heavy atom. The van der Waals surface area contributed by atoms with Crippen molar-refractivity contribution in [2.75, 3.05) is 0 Å². The summed E-state index contributed by atoms with van der Waals surface area (Å²) in [6.45, 7) is 9.31. The Morgan fingerprint density at radius 2 is 1.86 bits per heavy atom. The molecule has 1 aromatic rings. The van der Waals surface area contributed by atoms with Crippen LogP contribution in [0, 0.1) is 19.3 Å². The summed E-state index contributed by atoms with van der Waals surface area (Å²) < 4.78 is 0. The van der Waals surface area contributed by atoms with E-state index >= 15 is 0 Å². The number of carboxylic acids is 1. The number of aliphatic carboxylic acids is 1. The molecule has 0 spiro atoms. The Hall–Kier alpha value is -2.10. The van der Waals surface area contributed by atoms with E-state index in [9.17, 15) is 14.7 Å². The fraction of sp³-hybridized carbons (Fsp3) is 0.412. The molecule has 0 aromatic heterocycles. The van der Waals surface area contributed by atoms with Gasteiger partial charge in [0.2, 0.25) is 5.91 Å². The lowest BCUT2D eigenvalue weighted by atomic mass is 9.87. The zero-order valence-corrected chi connectivity index (χ0v) is 13.2. The van der Waals surface area contributed by atoms with E-state index in [1.165, 1.54) is 6.08 Å². The van der Waals surface area contributed by atoms with Crippen molar-refractivity contribution in [3.8, 4) is 0 Å². The topological polar surface area (TPSA) is 66.4 Å². The van der Waals surface area contributed by atoms with Crippen LogP contribution in [0.1, 0.15) is 37.5 Å². The maximum absolute atomic E-state index is 11.9. The second kappa shape index (κ2) is 6.57. The second-order valence-corrected chi connectivity index (χ2v) is 6.34. The Balaban J connectivity index is 2.81. The average Bonchev–Trinajstić information content (AvgIpc) is 2.33. The monoisotopic (exact) mass is 289 g/mol. The van der Waals surface area contributed by atoms with Crippen LogP contribution in [-0.2, 0) is 9.59 Å². The Morgan fingerprint density at radius 1 is 1.24 bits per heavy atom. The summed E-state index contributed by atoms with van der Waals surface area (Å²) in [7, 11) is 0. The SMILES string of the molecule is Cc1ccc(/C=C/C(=O)N[C@@H](C(=O)O)C(C)(C)C)c(C)c1. The highest BCUT2D eigenvalue weighted by Crippen LogP contribution is 2.19. The van der Waals surface area contributed by atoms with Crippen LogP contribution < -0.4 is 5.32 Å². The minimum atomic E-state index is -1.03. The molecule has 21 heavy (non-hydrogen) atoms. The van der Waals surface area contributed by atoms with Gasteiger partial charge in [-0.05, 0) is 36.5 Å². The largest absolute Gasteiger partial charge is 0.480 e. The number of carboxylic acid groups (broad SMARTS) is 1. The molecule has 0 bridgehead atoms. The Labute approximate surface area is 125 Å². The molecule has 2 N–H and O–H groups in total. The normalized spacial score (nSPS) is 13.2. The lowest BCUT2D eigenvalue weighted by Crippen LogP contribution is -2.48. The molecule has 0 saturated carbocycles. The van der Waals surface area contributed by atoms with Gasteiger partial charge >= 0.3 is 5.97 Å². The van der Waals surface area contributed by atoms with Gasteiger partial charge in [0.05, 0.1) is 0 Å². The van der Waals surface area contributed by atoms with E-state index in [4.69, 9.17) is 0 Å². The molecule has 0 unspecified atom stereocenters. The predicted octanol–water partition coefficient (Wildman–Crippen LogP) is 2.93. The molecular weight excluding hydrogens is 266 g/mol. The van der Waals surface area contributed by atoms with Crippen LogP contribution in [0.2, 0.25) is 0 Å². The van der Waals surface area contributed by atoms with Gasteiger partial charge in [-0.2, -0.15) is 0 Å². The van der Waals surface area contributed by atoms with Crippen molar-refractivity contribution >= 4 is 18.0 Å². The van der Waals surface area contributed by atoms with Crippen LogP contribution >= 0.6 is 0 Å². The van der Waals surface area contributed by atoms with Crippen molar-refractivity contribution in [1.82, 2.24) is 5.32 Å². The number of nitrogens with one attached hydrogen (secondary N) is 1. The molecule has 4 nitrogen and oxygen atoms in total. The summed E-state index contributed by atoms with van der Waals surface area (Å²) in [4.78, 5) is 23.1. The molecule has 0 radical (unpaired) electrons. The molecule has 0 fully saturated rings. The van der Waals surface area contributed by atoms with E-state index in [2.05, 4.69) is 5.32 Å². The highest BCUT2D eigenvalue weighted by molar-refractivity contribution is 5.94. The number of aryl methyl sites for hydroxylation is 2. The van der Waals surface area contributed by atoms with Gasteiger partial charge in [0.25, 0.3) is 0 Å². The number of rotatable bonds is 4. The minimum Gasteiger partial charge on any atom is -0.480 e. The van der Waals surface area contributed by atoms with Gasteiger partial charge in [0.1, 0.15) is 6.04 Å². The molecule has 114 valence electrons. The zero-order valence-electron chi connectivity index (χ0n) is 13.2. The molecule has 0 aliphatic heterocycles. The highest BCUT2D eigenvalue weighted by Gasteiger charge is 2.31. The first-order valence-electron chi connectivity index (χ1n) is 6.90. The fourth-order valence-corrected chi connectivity index (χ4v) is 2.02. The van der Waals surface area contributed by atoms with Crippen LogP contribution in [-0.4, -0.2) is 23.0 Å². The first kappa shape index (κ1) is 17.0. The zero-order chi connectivity index (χ0) is 16.2. The third kappa shape index (κ3) is 5.06. The number of hydrogen-bond donors (Lipinski definition) is 2. The summed E-state index contributed by atoms with van der Waals surface area (Å²) in [5.41, 5.74) is 2.63. The summed E-state index contributed by atoms with van der Waals surface area (Å²) in [6.07, 6.45) is 3.07. The van der Waals surface area contributed by atoms with Gasteiger partial charge in [-0.1, -0.05) is 44.5 Å². The molecule has 0 aliphatic carbocycles. The molecule has 0 saturated heterocycles. The molecule has 1 amide bonds. The van der Waals surface area contributed by atoms with E-state index < -0.39 is 23.3 Å². The summed E-state index contributed by atoms with van der Waals surface area (Å²) >= 11 is 0. The second-order valence-electron chi connectivity index (χ2n) is 6.34. The lowest BCUT2D eigenvalue weighted by Gasteiger charge is -2.27. The third-order valence-corrected chi connectivity index (χ3v) is 3.24. The lowest BCUT2D eigenvalue weighted by molar-refractivity contribution is -0.144. The smallest absolute Gasteiger partial charge is 0.326 e. The molecule has 1 rings (SSSR count). The van der Waals surface area contributed by atoms with E-state index in [0.29, 0.717) is 0 Å². The summed E-state index contributed by atoms with van der Waals surface area (Å²) in [6, 6.07) is 5.02. The van der Waals surface area contributed by atoms with Crippen molar-refractivity contribution in [2.24, 2.45) is 5.41 Å². The maximum Gasteiger partial charge on any atom is 0.326 e. The van der Waals surface area contributed by atoms with Gasteiger partial charge in [-0.25, -0.2) is 4.79 Å². The van der Waals surface area contributed by atoms with Crippen LogP contribution in [0.15, 0.2) is 24.3 Å². The summed E-state index contributed by atoms with van der Waals surface area (Å²) in [5.74, 6) is -1.44. The molecule has 0 heterocycles. The van der Waals surface area contributed by atoms with E-state index in [0.717, 1.165) is 16.7 Å². The number of hydrogen-bond acceptors (Lipinski definition) is 2. The molecule has 1 aromatic carbocycles. The van der Waals surface area contributed by atoms with E-state index in [1.807, 2.05) is 32.0 Å². The van der Waals surface area contributed by atoms with Gasteiger partial charge in [-0.15, -0.1) is 0 Å². The minimum absolute atomic E-state index is 0.405. The van der Waals surface area contributed by atoms with Crippen LogP contribution in [0.5, 0.6) is 0 Å². The molecule has 0 aliphatic rings. The first-order valence-corrected chi connectivity index (χ1v) is 6.90. The van der Waals surface area contributed by atoms with Crippen molar-refractivity contribution in [1.29, 1.82) is 0 Å². The maximum atomic E-state index is 11.9. The number of carbonyl (C=O) groups excluding carboxylic acids is 1. The van der Waals surface area contributed by atoms with Gasteiger partial charge in [0.15, 0.2) is 0 Å². The number of carbonyl (C=O) groups is 2. The predicted molar refractivity (Wildman–Crippen MR) is 84.0 cm³/mol. The standard InChI is InChI=1S/C17H23NO3/c1-11-6-7-13(12(2)10-11)8-9-14(19)18-15(16(20)21)17(3,4)5/h6-10,15H,1-5H3,(H,18,19)(H,20,21)/b9-8+/t15-/m0/s1. The average molecular weight is 289 g/mol. The van der Waals surface area contributed by atoms with Crippen molar-refractivity contribution in [3.63, 3.8) is 0 Å². The first-order chi connectivity index (χ1) is 9.61. The fourth-order valence-electron chi connectivity index (χ4n) is 2.02. The van der Waals surface area contributed by atoms with Crippen LogP contribution in [0.3, 0.4) is 0 Å². The quantitative estimate of drug-likeness (QED) is 0.837. The molecule has 1 atom stereocenters. The summed E-state index contributed by atoms with van der Waals surface area (Å²) in [5, 5.41) is 11.7. The Kier molecular flexibility index (Phi) is 5.30. The molecular formula is C17H23NO3. The van der Waals surface area contributed by atoms with Crippen LogP contribution in [0.25, 0.3) is 6.08 Å². The van der Waals surface area contributed by atoms with Crippen molar-refractivity contribution in [3.05, 3.63) is 41.0 Å². The van der Waals surface area contributed by atoms with Crippen LogP contribution in [0.4, 0.5) is 0 Å².